The van der Waals surface area contributed by atoms with E-state index in [1.807, 2.05) is 16.6 Å². The maximum atomic E-state index is 12.0. The third kappa shape index (κ3) is 2.83. The second kappa shape index (κ2) is 6.33. The molecule has 2 aliphatic rings. The quantitative estimate of drug-likeness (QED) is 0.721. The maximum absolute atomic E-state index is 12.0. The molecular weight excluding hydrogens is 344 g/mol. The maximum Gasteiger partial charge on any atom is 0.293 e. The van der Waals surface area contributed by atoms with E-state index in [0.29, 0.717) is 17.7 Å². The third-order valence-electron chi connectivity index (χ3n) is 5.60. The molecule has 1 saturated heterocycles. The summed E-state index contributed by atoms with van der Waals surface area (Å²) in [6, 6.07) is 3.99. The fourth-order valence-corrected chi connectivity index (χ4v) is 3.63. The normalized spacial score (nSPS) is 17.7. The summed E-state index contributed by atoms with van der Waals surface area (Å²) in [6.07, 6.45) is 6.91. The number of aryl methyl sites for hydroxylation is 1. The summed E-state index contributed by atoms with van der Waals surface area (Å²) in [5, 5.41) is 16.5. The van der Waals surface area contributed by atoms with Crippen LogP contribution in [0.2, 0.25) is 0 Å². The van der Waals surface area contributed by atoms with E-state index >= 15 is 0 Å². The van der Waals surface area contributed by atoms with E-state index in [2.05, 4.69) is 25.4 Å². The Bertz CT molecular complexity index is 1030. The molecule has 1 N–H and O–H groups in total. The lowest BCUT2D eigenvalue weighted by atomic mass is 9.85. The van der Waals surface area contributed by atoms with Gasteiger partial charge in [-0.05, 0) is 25.0 Å². The zero-order chi connectivity index (χ0) is 18.4. The van der Waals surface area contributed by atoms with Crippen LogP contribution in [0.25, 0.3) is 5.65 Å². The lowest BCUT2D eigenvalue weighted by molar-refractivity contribution is 0.393. The van der Waals surface area contributed by atoms with Crippen LogP contribution in [0, 0.1) is 5.92 Å². The molecule has 27 heavy (non-hydrogen) atoms. The summed E-state index contributed by atoms with van der Waals surface area (Å²) in [4.78, 5) is 18.4. The molecule has 9 heteroatoms. The van der Waals surface area contributed by atoms with Gasteiger partial charge in [0, 0.05) is 50.9 Å². The van der Waals surface area contributed by atoms with Gasteiger partial charge >= 0.3 is 0 Å². The molecule has 0 amide bonds. The molecule has 1 aliphatic carbocycles. The van der Waals surface area contributed by atoms with E-state index in [9.17, 15) is 4.79 Å². The Kier molecular flexibility index (Phi) is 3.80. The van der Waals surface area contributed by atoms with Crippen LogP contribution in [-0.2, 0) is 7.05 Å². The monoisotopic (exact) mass is 366 g/mol. The highest BCUT2D eigenvalue weighted by molar-refractivity contribution is 5.48. The first-order valence-corrected chi connectivity index (χ1v) is 9.42. The van der Waals surface area contributed by atoms with Gasteiger partial charge in [-0.25, -0.2) is 4.98 Å². The first kappa shape index (κ1) is 16.2. The number of anilines is 2. The molecule has 0 bridgehead atoms. The van der Waals surface area contributed by atoms with E-state index in [1.165, 1.54) is 23.8 Å². The molecule has 4 heterocycles. The Labute approximate surface area is 156 Å². The summed E-state index contributed by atoms with van der Waals surface area (Å²) in [7, 11) is 1.73. The number of fused-ring (bicyclic) bond motifs is 1. The highest BCUT2D eigenvalue weighted by atomic mass is 16.1. The van der Waals surface area contributed by atoms with Crippen LogP contribution in [0.5, 0.6) is 0 Å². The molecule has 9 nitrogen and oxygen atoms in total. The molecule has 0 spiro atoms. The van der Waals surface area contributed by atoms with Crippen LogP contribution >= 0.6 is 0 Å². The average Bonchev–Trinajstić information content (AvgIpc) is 2.99. The van der Waals surface area contributed by atoms with Gasteiger partial charge in [0.1, 0.15) is 5.82 Å². The minimum absolute atomic E-state index is 0.100. The summed E-state index contributed by atoms with van der Waals surface area (Å²) in [5.41, 5.74) is 0.710. The molecule has 5 rings (SSSR count). The lowest BCUT2D eigenvalue weighted by Crippen LogP contribution is -2.50. The van der Waals surface area contributed by atoms with Crippen molar-refractivity contribution in [1.29, 1.82) is 0 Å². The van der Waals surface area contributed by atoms with Crippen LogP contribution in [0.3, 0.4) is 0 Å². The topological polar surface area (TPSA) is 93.2 Å². The fourth-order valence-electron chi connectivity index (χ4n) is 3.63. The van der Waals surface area contributed by atoms with Crippen molar-refractivity contribution in [2.45, 2.75) is 25.2 Å². The summed E-state index contributed by atoms with van der Waals surface area (Å²) in [5.74, 6) is 3.31. The van der Waals surface area contributed by atoms with Crippen LogP contribution in [0.15, 0.2) is 29.3 Å². The first-order chi connectivity index (χ1) is 13.2. The Morgan fingerprint density at radius 3 is 2.85 bits per heavy atom. The fraction of sp³-hybridized carbons (Fsp3) is 0.500. The van der Waals surface area contributed by atoms with Gasteiger partial charge in [-0.2, -0.15) is 4.52 Å². The number of rotatable bonds is 5. The highest BCUT2D eigenvalue weighted by Crippen LogP contribution is 2.35. The third-order valence-corrected chi connectivity index (χ3v) is 5.60. The Balaban J connectivity index is 1.24. The number of hydrogen-bond acceptors (Lipinski definition) is 7. The zero-order valence-corrected chi connectivity index (χ0v) is 15.2. The standard InChI is InChI=1S/C18H22N8O/c1-24-8-7-19-16(18(24)27)20-9-12-10-25(11-12)15-6-5-14-21-22-17(26(14)23-15)13-3-2-4-13/h5-8,12-13H,2-4,9-11H2,1H3,(H,19,20). The van der Waals surface area contributed by atoms with E-state index in [4.69, 9.17) is 5.10 Å². The van der Waals surface area contributed by atoms with Gasteiger partial charge < -0.3 is 14.8 Å². The van der Waals surface area contributed by atoms with Crippen molar-refractivity contribution in [3.63, 3.8) is 0 Å². The van der Waals surface area contributed by atoms with Gasteiger partial charge in [0.2, 0.25) is 0 Å². The summed E-state index contributed by atoms with van der Waals surface area (Å²) < 4.78 is 3.43. The van der Waals surface area contributed by atoms with Crippen molar-refractivity contribution >= 4 is 17.3 Å². The van der Waals surface area contributed by atoms with E-state index in [-0.39, 0.29) is 5.56 Å². The number of nitrogens with zero attached hydrogens (tertiary/aromatic N) is 7. The Morgan fingerprint density at radius 2 is 2.07 bits per heavy atom. The van der Waals surface area contributed by atoms with E-state index in [1.54, 1.807) is 19.4 Å². The van der Waals surface area contributed by atoms with Crippen LogP contribution in [0.4, 0.5) is 11.6 Å². The van der Waals surface area contributed by atoms with E-state index < -0.39 is 0 Å². The summed E-state index contributed by atoms with van der Waals surface area (Å²) >= 11 is 0. The van der Waals surface area contributed by atoms with Crippen LogP contribution in [0.1, 0.15) is 31.0 Å². The number of aromatic nitrogens is 6. The van der Waals surface area contributed by atoms with Crippen molar-refractivity contribution in [2.24, 2.45) is 13.0 Å². The van der Waals surface area contributed by atoms with Gasteiger partial charge in [-0.3, -0.25) is 4.79 Å². The van der Waals surface area contributed by atoms with E-state index in [0.717, 1.165) is 36.9 Å². The molecule has 3 aromatic rings. The average molecular weight is 366 g/mol. The molecule has 0 unspecified atom stereocenters. The van der Waals surface area contributed by atoms with Crippen molar-refractivity contribution in [3.05, 3.63) is 40.7 Å². The highest BCUT2D eigenvalue weighted by Gasteiger charge is 2.29. The largest absolute Gasteiger partial charge is 0.365 e. The molecule has 1 saturated carbocycles. The predicted molar refractivity (Wildman–Crippen MR) is 101 cm³/mol. The van der Waals surface area contributed by atoms with Crippen molar-refractivity contribution in [1.82, 2.24) is 29.4 Å². The van der Waals surface area contributed by atoms with Gasteiger partial charge in [0.15, 0.2) is 17.3 Å². The second-order valence-electron chi connectivity index (χ2n) is 7.49. The van der Waals surface area contributed by atoms with Crippen molar-refractivity contribution in [2.75, 3.05) is 29.9 Å². The van der Waals surface area contributed by atoms with Crippen molar-refractivity contribution in [3.8, 4) is 0 Å². The van der Waals surface area contributed by atoms with Crippen molar-refractivity contribution < 1.29 is 0 Å². The Morgan fingerprint density at radius 1 is 1.22 bits per heavy atom. The van der Waals surface area contributed by atoms with Crippen LogP contribution in [-0.4, -0.2) is 49.0 Å². The predicted octanol–water partition coefficient (Wildman–Crippen LogP) is 1.03. The minimum Gasteiger partial charge on any atom is -0.365 e. The Hall–Kier alpha value is -2.97. The minimum atomic E-state index is -0.100. The lowest BCUT2D eigenvalue weighted by Gasteiger charge is -2.40. The zero-order valence-electron chi connectivity index (χ0n) is 15.2. The smallest absolute Gasteiger partial charge is 0.293 e. The second-order valence-corrected chi connectivity index (χ2v) is 7.49. The first-order valence-electron chi connectivity index (χ1n) is 9.42. The van der Waals surface area contributed by atoms with Gasteiger partial charge in [-0.15, -0.1) is 15.3 Å². The van der Waals surface area contributed by atoms with Crippen LogP contribution < -0.4 is 15.8 Å². The molecule has 0 radical (unpaired) electrons. The van der Waals surface area contributed by atoms with Gasteiger partial charge in [0.25, 0.3) is 5.56 Å². The number of nitrogens with one attached hydrogen (secondary N) is 1. The summed E-state index contributed by atoms with van der Waals surface area (Å²) in [6.45, 7) is 2.53. The molecule has 3 aromatic heterocycles. The molecule has 0 atom stereocenters. The number of hydrogen-bond donors (Lipinski definition) is 1. The SMILES string of the molecule is Cn1ccnc(NCC2CN(c3ccc4nnc(C5CCC5)n4n3)C2)c1=O. The van der Waals surface area contributed by atoms with Gasteiger partial charge in [0.05, 0.1) is 0 Å². The molecule has 140 valence electrons. The molecule has 1 aliphatic heterocycles. The molecular formula is C18H22N8O. The van der Waals surface area contributed by atoms with Gasteiger partial charge in [-0.1, -0.05) is 6.42 Å². The molecule has 2 fully saturated rings. The molecule has 0 aromatic carbocycles.